The highest BCUT2D eigenvalue weighted by Gasteiger charge is 2.23. The van der Waals surface area contributed by atoms with Crippen molar-refractivity contribution in [1.29, 1.82) is 0 Å². The number of halogens is 1. The monoisotopic (exact) mass is 354 g/mol. The highest BCUT2D eigenvalue weighted by molar-refractivity contribution is 5.97. The molecule has 0 radical (unpaired) electrons. The summed E-state index contributed by atoms with van der Waals surface area (Å²) in [5.41, 5.74) is 2.03. The molecule has 0 unspecified atom stereocenters. The number of aryl methyl sites for hydroxylation is 1. The van der Waals surface area contributed by atoms with E-state index in [2.05, 4.69) is 0 Å². The maximum atomic E-state index is 13.3. The second-order valence-electron chi connectivity index (χ2n) is 6.71. The molecule has 26 heavy (non-hydrogen) atoms. The van der Waals surface area contributed by atoms with Crippen LogP contribution in [0.25, 0.3) is 0 Å². The van der Waals surface area contributed by atoms with Gasteiger partial charge in [0.05, 0.1) is 13.0 Å². The molecule has 1 amide bonds. The molecule has 1 saturated heterocycles. The Balaban J connectivity index is 1.49. The number of hydrogen-bond acceptors (Lipinski definition) is 3. The quantitative estimate of drug-likeness (QED) is 0.775. The lowest BCUT2D eigenvalue weighted by molar-refractivity contribution is -0.132. The fraction of sp³-hybridized carbons (Fsp3) is 0.333. The molecule has 0 aromatic heterocycles. The maximum absolute atomic E-state index is 13.3. The Morgan fingerprint density at radius 1 is 1.00 bits per heavy atom. The largest absolute Gasteiger partial charge is 0.340 e. The summed E-state index contributed by atoms with van der Waals surface area (Å²) in [6.45, 7) is 4.55. The van der Waals surface area contributed by atoms with Crippen molar-refractivity contribution in [3.63, 3.8) is 0 Å². The van der Waals surface area contributed by atoms with E-state index in [0.29, 0.717) is 50.3 Å². The zero-order valence-corrected chi connectivity index (χ0v) is 15.0. The van der Waals surface area contributed by atoms with Gasteiger partial charge >= 0.3 is 0 Å². The van der Waals surface area contributed by atoms with Crippen LogP contribution in [0.4, 0.5) is 4.39 Å². The molecule has 0 aliphatic carbocycles. The minimum atomic E-state index is -0.299. The molecule has 4 nitrogen and oxygen atoms in total. The fourth-order valence-electron chi connectivity index (χ4n) is 3.15. The van der Waals surface area contributed by atoms with E-state index >= 15 is 0 Å². The minimum Gasteiger partial charge on any atom is -0.340 e. The van der Waals surface area contributed by atoms with Gasteiger partial charge in [-0.05, 0) is 36.2 Å². The van der Waals surface area contributed by atoms with Gasteiger partial charge in [-0.1, -0.05) is 30.3 Å². The first-order valence-electron chi connectivity index (χ1n) is 8.86. The van der Waals surface area contributed by atoms with Crippen molar-refractivity contribution in [2.75, 3.05) is 32.7 Å². The van der Waals surface area contributed by atoms with Crippen molar-refractivity contribution in [1.82, 2.24) is 9.80 Å². The van der Waals surface area contributed by atoms with Crippen molar-refractivity contribution in [2.45, 2.75) is 13.3 Å². The Kier molecular flexibility index (Phi) is 5.78. The number of hydrogen-bond donors (Lipinski definition) is 0. The lowest BCUT2D eigenvalue weighted by Crippen LogP contribution is -2.50. The normalized spacial score (nSPS) is 15.1. The van der Waals surface area contributed by atoms with Gasteiger partial charge in [-0.2, -0.15) is 0 Å². The molecule has 1 aliphatic heterocycles. The number of piperazine rings is 1. The number of Topliss-reactive ketones (excluding diaryl/α,β-unsaturated/α-hetero) is 1. The average Bonchev–Trinajstić information content (AvgIpc) is 2.65. The Labute approximate surface area is 153 Å². The summed E-state index contributed by atoms with van der Waals surface area (Å²) in [7, 11) is 0. The number of amides is 1. The van der Waals surface area contributed by atoms with Crippen LogP contribution in [0.5, 0.6) is 0 Å². The minimum absolute atomic E-state index is 0.0165. The van der Waals surface area contributed by atoms with Crippen LogP contribution < -0.4 is 0 Å². The van der Waals surface area contributed by atoms with Gasteiger partial charge in [0.2, 0.25) is 5.91 Å². The van der Waals surface area contributed by atoms with E-state index in [1.807, 2.05) is 40.1 Å². The van der Waals surface area contributed by atoms with Crippen LogP contribution in [0.15, 0.2) is 48.5 Å². The van der Waals surface area contributed by atoms with Gasteiger partial charge in [-0.25, -0.2) is 4.39 Å². The van der Waals surface area contributed by atoms with Gasteiger partial charge in [-0.3, -0.25) is 14.5 Å². The second kappa shape index (κ2) is 8.23. The SMILES string of the molecule is Cc1cc(C(=O)CN2CCN(C(=O)Cc3ccccc3)CC2)ccc1F. The van der Waals surface area contributed by atoms with E-state index < -0.39 is 0 Å². The van der Waals surface area contributed by atoms with E-state index in [0.717, 1.165) is 5.56 Å². The molecule has 1 heterocycles. The summed E-state index contributed by atoms with van der Waals surface area (Å²) in [5.74, 6) is -0.194. The third-order valence-electron chi connectivity index (χ3n) is 4.77. The highest BCUT2D eigenvalue weighted by Crippen LogP contribution is 2.12. The van der Waals surface area contributed by atoms with Gasteiger partial charge in [0.15, 0.2) is 5.78 Å². The van der Waals surface area contributed by atoms with E-state index in [1.165, 1.54) is 12.1 Å². The molecule has 0 bridgehead atoms. The molecule has 0 N–H and O–H groups in total. The van der Waals surface area contributed by atoms with Gasteiger partial charge in [0.1, 0.15) is 5.82 Å². The van der Waals surface area contributed by atoms with E-state index in [9.17, 15) is 14.0 Å². The van der Waals surface area contributed by atoms with Crippen molar-refractivity contribution in [3.05, 3.63) is 71.0 Å². The highest BCUT2D eigenvalue weighted by atomic mass is 19.1. The third kappa shape index (κ3) is 4.55. The molecule has 3 rings (SSSR count). The summed E-state index contributed by atoms with van der Waals surface area (Å²) >= 11 is 0. The van der Waals surface area contributed by atoms with Gasteiger partial charge in [0.25, 0.3) is 0 Å². The van der Waals surface area contributed by atoms with Crippen LogP contribution in [0.2, 0.25) is 0 Å². The van der Waals surface area contributed by atoms with Crippen LogP contribution in [-0.2, 0) is 11.2 Å². The van der Waals surface area contributed by atoms with E-state index in [-0.39, 0.29) is 17.5 Å². The Morgan fingerprint density at radius 3 is 2.35 bits per heavy atom. The van der Waals surface area contributed by atoms with Crippen LogP contribution in [0.3, 0.4) is 0 Å². The molecular weight excluding hydrogens is 331 g/mol. The lowest BCUT2D eigenvalue weighted by Gasteiger charge is -2.34. The van der Waals surface area contributed by atoms with E-state index in [1.54, 1.807) is 13.0 Å². The number of benzene rings is 2. The third-order valence-corrected chi connectivity index (χ3v) is 4.77. The summed E-state index contributed by atoms with van der Waals surface area (Å²) in [5, 5.41) is 0. The maximum Gasteiger partial charge on any atom is 0.227 e. The zero-order chi connectivity index (χ0) is 18.5. The molecule has 5 heteroatoms. The molecule has 0 atom stereocenters. The molecular formula is C21H23FN2O2. The molecule has 136 valence electrons. The van der Waals surface area contributed by atoms with E-state index in [4.69, 9.17) is 0 Å². The van der Waals surface area contributed by atoms with Crippen molar-refractivity contribution in [2.24, 2.45) is 0 Å². The van der Waals surface area contributed by atoms with Gasteiger partial charge in [0, 0.05) is 31.7 Å². The molecule has 2 aromatic carbocycles. The molecule has 1 aliphatic rings. The number of nitrogens with zero attached hydrogens (tertiary/aromatic N) is 2. The first-order chi connectivity index (χ1) is 12.5. The number of rotatable bonds is 5. The van der Waals surface area contributed by atoms with Crippen molar-refractivity contribution in [3.8, 4) is 0 Å². The smallest absolute Gasteiger partial charge is 0.227 e. The number of carbonyl (C=O) groups is 2. The molecule has 2 aromatic rings. The lowest BCUT2D eigenvalue weighted by atomic mass is 10.1. The van der Waals surface area contributed by atoms with Crippen LogP contribution in [0, 0.1) is 12.7 Å². The Hall–Kier alpha value is -2.53. The van der Waals surface area contributed by atoms with Crippen LogP contribution in [-0.4, -0.2) is 54.2 Å². The number of ketones is 1. The molecule has 0 spiro atoms. The summed E-state index contributed by atoms with van der Waals surface area (Å²) < 4.78 is 13.3. The summed E-state index contributed by atoms with van der Waals surface area (Å²) in [6, 6.07) is 14.2. The zero-order valence-electron chi connectivity index (χ0n) is 15.0. The Bertz CT molecular complexity index is 784. The predicted octanol–water partition coefficient (Wildman–Crippen LogP) is 2.70. The first kappa shape index (κ1) is 18.3. The van der Waals surface area contributed by atoms with Gasteiger partial charge < -0.3 is 4.90 Å². The second-order valence-corrected chi connectivity index (χ2v) is 6.71. The van der Waals surface area contributed by atoms with Crippen molar-refractivity contribution >= 4 is 11.7 Å². The fourth-order valence-corrected chi connectivity index (χ4v) is 3.15. The topological polar surface area (TPSA) is 40.6 Å². The van der Waals surface area contributed by atoms with Crippen molar-refractivity contribution < 1.29 is 14.0 Å². The standard InChI is InChI=1S/C21H23FN2O2/c1-16-13-18(7-8-19(16)22)20(25)15-23-9-11-24(12-10-23)21(26)14-17-5-3-2-4-6-17/h2-8,13H,9-12,14-15H2,1H3. The molecule has 1 fully saturated rings. The average molecular weight is 354 g/mol. The predicted molar refractivity (Wildman–Crippen MR) is 98.6 cm³/mol. The van der Waals surface area contributed by atoms with Crippen LogP contribution >= 0.6 is 0 Å². The Morgan fingerprint density at radius 2 is 1.69 bits per heavy atom. The number of carbonyl (C=O) groups excluding carboxylic acids is 2. The summed E-state index contributed by atoms with van der Waals surface area (Å²) in [6.07, 6.45) is 0.411. The van der Waals surface area contributed by atoms with Gasteiger partial charge in [-0.15, -0.1) is 0 Å². The first-order valence-corrected chi connectivity index (χ1v) is 8.86. The van der Waals surface area contributed by atoms with Crippen LogP contribution in [0.1, 0.15) is 21.5 Å². The summed E-state index contributed by atoms with van der Waals surface area (Å²) in [4.78, 5) is 28.7. The molecule has 0 saturated carbocycles.